The van der Waals surface area contributed by atoms with Crippen molar-refractivity contribution in [3.8, 4) is 0 Å². The Morgan fingerprint density at radius 3 is 2.62 bits per heavy atom. The van der Waals surface area contributed by atoms with Crippen molar-refractivity contribution in [2.75, 3.05) is 13.7 Å². The van der Waals surface area contributed by atoms with E-state index in [2.05, 4.69) is 19.2 Å². The van der Waals surface area contributed by atoms with Crippen molar-refractivity contribution in [2.45, 2.75) is 70.9 Å². The van der Waals surface area contributed by atoms with Gasteiger partial charge in [-0.15, -0.1) is 0 Å². The summed E-state index contributed by atoms with van der Waals surface area (Å²) in [6.45, 7) is 5.44. The first kappa shape index (κ1) is 14.0. The molecule has 1 rings (SSSR count). The van der Waals surface area contributed by atoms with Gasteiger partial charge in [0.25, 0.3) is 0 Å². The second kappa shape index (κ2) is 8.08. The van der Waals surface area contributed by atoms with Crippen molar-refractivity contribution in [3.63, 3.8) is 0 Å². The zero-order valence-electron chi connectivity index (χ0n) is 11.3. The molecule has 16 heavy (non-hydrogen) atoms. The number of hydrogen-bond acceptors (Lipinski definition) is 2. The molecule has 0 aliphatic heterocycles. The van der Waals surface area contributed by atoms with Crippen molar-refractivity contribution in [3.05, 3.63) is 0 Å². The van der Waals surface area contributed by atoms with Crippen molar-refractivity contribution < 1.29 is 4.74 Å². The molecule has 0 radical (unpaired) electrons. The number of methoxy groups -OCH3 is 1. The van der Waals surface area contributed by atoms with Crippen LogP contribution in [0.25, 0.3) is 0 Å². The molecular formula is C14H29NO. The van der Waals surface area contributed by atoms with Gasteiger partial charge in [0.15, 0.2) is 0 Å². The van der Waals surface area contributed by atoms with Crippen LogP contribution in [0, 0.1) is 5.92 Å². The largest absolute Gasteiger partial charge is 0.383 e. The fraction of sp³-hybridized carbons (Fsp3) is 1.00. The number of hydrogen-bond donors (Lipinski definition) is 1. The van der Waals surface area contributed by atoms with Gasteiger partial charge in [0, 0.05) is 19.2 Å². The van der Waals surface area contributed by atoms with Gasteiger partial charge in [-0.2, -0.15) is 0 Å². The Labute approximate surface area is 101 Å². The molecule has 96 valence electrons. The van der Waals surface area contributed by atoms with E-state index in [1.807, 2.05) is 7.11 Å². The summed E-state index contributed by atoms with van der Waals surface area (Å²) in [6, 6.07) is 1.30. The van der Waals surface area contributed by atoms with E-state index in [0.717, 1.165) is 18.6 Å². The summed E-state index contributed by atoms with van der Waals surface area (Å²) < 4.78 is 5.30. The quantitative estimate of drug-likeness (QED) is 0.720. The molecule has 3 unspecified atom stereocenters. The van der Waals surface area contributed by atoms with Gasteiger partial charge in [-0.1, -0.05) is 39.5 Å². The third-order valence-corrected chi connectivity index (χ3v) is 3.89. The van der Waals surface area contributed by atoms with Crippen LogP contribution in [-0.4, -0.2) is 25.8 Å². The summed E-state index contributed by atoms with van der Waals surface area (Å²) in [4.78, 5) is 0. The second-order valence-electron chi connectivity index (χ2n) is 5.17. The SMILES string of the molecule is CCCC(COC)NC1CCCCC1CC. The molecule has 2 heteroatoms. The summed E-state index contributed by atoms with van der Waals surface area (Å²) in [5, 5.41) is 3.83. The molecule has 0 spiro atoms. The van der Waals surface area contributed by atoms with Crippen LogP contribution in [0.2, 0.25) is 0 Å². The van der Waals surface area contributed by atoms with Gasteiger partial charge in [0.1, 0.15) is 0 Å². The lowest BCUT2D eigenvalue weighted by atomic mass is 9.82. The van der Waals surface area contributed by atoms with Crippen molar-refractivity contribution in [1.82, 2.24) is 5.32 Å². The summed E-state index contributed by atoms with van der Waals surface area (Å²) >= 11 is 0. The molecule has 1 saturated carbocycles. The molecule has 1 N–H and O–H groups in total. The number of nitrogens with one attached hydrogen (secondary N) is 1. The smallest absolute Gasteiger partial charge is 0.0615 e. The maximum Gasteiger partial charge on any atom is 0.0615 e. The first-order valence-electron chi connectivity index (χ1n) is 7.06. The Balaban J connectivity index is 2.40. The van der Waals surface area contributed by atoms with E-state index in [0.29, 0.717) is 6.04 Å². The maximum atomic E-state index is 5.30. The summed E-state index contributed by atoms with van der Waals surface area (Å²) in [5.74, 6) is 0.893. The first-order valence-corrected chi connectivity index (χ1v) is 7.06. The molecule has 1 aliphatic rings. The van der Waals surface area contributed by atoms with Gasteiger partial charge in [-0.3, -0.25) is 0 Å². The Morgan fingerprint density at radius 1 is 1.25 bits per heavy atom. The molecule has 0 aromatic rings. The van der Waals surface area contributed by atoms with Gasteiger partial charge >= 0.3 is 0 Å². The third-order valence-electron chi connectivity index (χ3n) is 3.89. The maximum absolute atomic E-state index is 5.30. The van der Waals surface area contributed by atoms with Gasteiger partial charge in [-0.05, 0) is 25.2 Å². The Hall–Kier alpha value is -0.0800. The Morgan fingerprint density at radius 2 is 2.00 bits per heavy atom. The highest BCUT2D eigenvalue weighted by Crippen LogP contribution is 2.27. The molecular weight excluding hydrogens is 198 g/mol. The average Bonchev–Trinajstić information content (AvgIpc) is 2.30. The highest BCUT2D eigenvalue weighted by Gasteiger charge is 2.25. The minimum absolute atomic E-state index is 0.562. The molecule has 0 saturated heterocycles. The highest BCUT2D eigenvalue weighted by molar-refractivity contribution is 4.83. The molecule has 0 amide bonds. The van der Waals surface area contributed by atoms with E-state index >= 15 is 0 Å². The molecule has 1 fully saturated rings. The number of ether oxygens (including phenoxy) is 1. The van der Waals surface area contributed by atoms with Gasteiger partial charge in [0.05, 0.1) is 6.61 Å². The fourth-order valence-corrected chi connectivity index (χ4v) is 2.98. The fourth-order valence-electron chi connectivity index (χ4n) is 2.98. The van der Waals surface area contributed by atoms with Crippen molar-refractivity contribution in [1.29, 1.82) is 0 Å². The average molecular weight is 227 g/mol. The second-order valence-corrected chi connectivity index (χ2v) is 5.17. The van der Waals surface area contributed by atoms with E-state index in [-0.39, 0.29) is 0 Å². The van der Waals surface area contributed by atoms with Crippen LogP contribution in [0.15, 0.2) is 0 Å². The Bertz CT molecular complexity index is 166. The molecule has 0 aromatic carbocycles. The van der Waals surface area contributed by atoms with Crippen LogP contribution in [0.1, 0.15) is 58.8 Å². The van der Waals surface area contributed by atoms with E-state index in [4.69, 9.17) is 4.74 Å². The summed E-state index contributed by atoms with van der Waals surface area (Å²) in [5.41, 5.74) is 0. The van der Waals surface area contributed by atoms with Gasteiger partial charge in [-0.25, -0.2) is 0 Å². The lowest BCUT2D eigenvalue weighted by Gasteiger charge is -2.34. The van der Waals surface area contributed by atoms with Crippen LogP contribution in [0.4, 0.5) is 0 Å². The number of rotatable bonds is 7. The lowest BCUT2D eigenvalue weighted by Crippen LogP contribution is -2.46. The summed E-state index contributed by atoms with van der Waals surface area (Å²) in [6.07, 6.45) is 9.41. The van der Waals surface area contributed by atoms with Crippen molar-refractivity contribution >= 4 is 0 Å². The molecule has 2 nitrogen and oxygen atoms in total. The van der Waals surface area contributed by atoms with Gasteiger partial charge < -0.3 is 10.1 Å². The highest BCUT2D eigenvalue weighted by atomic mass is 16.5. The Kier molecular flexibility index (Phi) is 7.06. The zero-order valence-corrected chi connectivity index (χ0v) is 11.3. The predicted octanol–water partition coefficient (Wildman–Crippen LogP) is 3.36. The standard InChI is InChI=1S/C14H29NO/c1-4-8-13(11-16-3)15-14-10-7-6-9-12(14)5-2/h12-15H,4-11H2,1-3H3. The topological polar surface area (TPSA) is 21.3 Å². The third kappa shape index (κ3) is 4.42. The minimum atomic E-state index is 0.562. The molecule has 1 aliphatic carbocycles. The van der Waals surface area contributed by atoms with Crippen LogP contribution in [0.5, 0.6) is 0 Å². The summed E-state index contributed by atoms with van der Waals surface area (Å²) in [7, 11) is 1.81. The van der Waals surface area contributed by atoms with E-state index in [9.17, 15) is 0 Å². The lowest BCUT2D eigenvalue weighted by molar-refractivity contribution is 0.138. The van der Waals surface area contributed by atoms with E-state index < -0.39 is 0 Å². The van der Waals surface area contributed by atoms with Crippen LogP contribution < -0.4 is 5.32 Å². The van der Waals surface area contributed by atoms with E-state index in [1.165, 1.54) is 44.9 Å². The predicted molar refractivity (Wildman–Crippen MR) is 69.7 cm³/mol. The monoisotopic (exact) mass is 227 g/mol. The zero-order chi connectivity index (χ0) is 11.8. The molecule has 0 aromatic heterocycles. The minimum Gasteiger partial charge on any atom is -0.383 e. The molecule has 0 bridgehead atoms. The normalized spacial score (nSPS) is 27.9. The van der Waals surface area contributed by atoms with Crippen LogP contribution >= 0.6 is 0 Å². The first-order chi connectivity index (χ1) is 7.81. The van der Waals surface area contributed by atoms with Crippen LogP contribution in [-0.2, 0) is 4.74 Å². The van der Waals surface area contributed by atoms with Crippen LogP contribution in [0.3, 0.4) is 0 Å². The van der Waals surface area contributed by atoms with E-state index in [1.54, 1.807) is 0 Å². The molecule has 0 heterocycles. The van der Waals surface area contributed by atoms with Gasteiger partial charge in [0.2, 0.25) is 0 Å². The molecule has 3 atom stereocenters. The van der Waals surface area contributed by atoms with Crippen molar-refractivity contribution in [2.24, 2.45) is 5.92 Å².